The lowest BCUT2D eigenvalue weighted by Crippen LogP contribution is -2.68. The standard InChI is InChI=1S/C16H12ClO.ClHO4/c1-11-15(17)13-9-5-6-10-14(13)18-16(11)12-7-3-2-4-8-12;2-1(3,4)5/h2-10H,1H3;(H,2,3,4,5)/q+1;/p-1. The molecule has 23 heavy (non-hydrogen) atoms. The van der Waals surface area contributed by atoms with Gasteiger partial charge in [0.2, 0.25) is 0 Å². The van der Waals surface area contributed by atoms with Crippen molar-refractivity contribution in [1.29, 1.82) is 0 Å². The molecule has 3 aromatic rings. The second kappa shape index (κ2) is 7.23. The molecule has 0 saturated heterocycles. The van der Waals surface area contributed by atoms with Gasteiger partial charge in [-0.2, -0.15) is 0 Å². The van der Waals surface area contributed by atoms with Crippen LogP contribution in [0, 0.1) is 17.2 Å². The maximum absolute atomic E-state index is 8.49. The minimum absolute atomic E-state index is 0.760. The van der Waals surface area contributed by atoms with Crippen molar-refractivity contribution >= 4 is 22.6 Å². The van der Waals surface area contributed by atoms with Gasteiger partial charge in [-0.15, -0.1) is 10.2 Å². The Hall–Kier alpha value is -1.73. The third kappa shape index (κ3) is 4.87. The molecule has 0 fully saturated rings. The highest BCUT2D eigenvalue weighted by Gasteiger charge is 2.22. The van der Waals surface area contributed by atoms with E-state index in [1.807, 2.05) is 61.5 Å². The third-order valence-electron chi connectivity index (χ3n) is 3.04. The molecule has 1 heterocycles. The Bertz CT molecular complexity index is 795. The molecule has 0 saturated carbocycles. The van der Waals surface area contributed by atoms with Crippen LogP contribution in [0.2, 0.25) is 5.02 Å². The molecule has 2 aromatic carbocycles. The van der Waals surface area contributed by atoms with Crippen molar-refractivity contribution in [1.82, 2.24) is 0 Å². The van der Waals surface area contributed by atoms with Crippen molar-refractivity contribution in [3.8, 4) is 11.3 Å². The summed E-state index contributed by atoms with van der Waals surface area (Å²) >= 11 is 6.42. The minimum Gasteiger partial charge on any atom is -0.222 e. The zero-order chi connectivity index (χ0) is 17.0. The van der Waals surface area contributed by atoms with E-state index in [1.165, 1.54) is 0 Å². The highest BCUT2D eigenvalue weighted by molar-refractivity contribution is 6.36. The zero-order valence-electron chi connectivity index (χ0n) is 12.0. The van der Waals surface area contributed by atoms with E-state index in [1.54, 1.807) is 0 Å². The summed E-state index contributed by atoms with van der Waals surface area (Å²) in [5.74, 6) is 0.833. The first-order chi connectivity index (χ1) is 10.8. The van der Waals surface area contributed by atoms with Gasteiger partial charge in [0.15, 0.2) is 0 Å². The quantitative estimate of drug-likeness (QED) is 0.594. The van der Waals surface area contributed by atoms with E-state index in [0.717, 1.165) is 32.9 Å². The van der Waals surface area contributed by atoms with Crippen molar-refractivity contribution in [2.45, 2.75) is 6.92 Å². The summed E-state index contributed by atoms with van der Waals surface area (Å²) in [5, 5.41) is 1.71. The first-order valence-corrected chi connectivity index (χ1v) is 8.06. The van der Waals surface area contributed by atoms with Crippen LogP contribution in [0.4, 0.5) is 0 Å². The lowest BCUT2D eigenvalue weighted by atomic mass is 10.1. The minimum atomic E-state index is -4.94. The average molecular weight is 355 g/mol. The van der Waals surface area contributed by atoms with Crippen LogP contribution >= 0.6 is 11.6 Å². The summed E-state index contributed by atoms with van der Waals surface area (Å²) < 4.78 is 39.9. The molecule has 1 aromatic heterocycles. The monoisotopic (exact) mass is 354 g/mol. The molecule has 0 bridgehead atoms. The Morgan fingerprint density at radius 2 is 1.39 bits per heavy atom. The van der Waals surface area contributed by atoms with Crippen molar-refractivity contribution < 1.29 is 33.3 Å². The molecule has 0 spiro atoms. The van der Waals surface area contributed by atoms with E-state index in [0.29, 0.717) is 0 Å². The van der Waals surface area contributed by atoms with Gasteiger partial charge in [0.1, 0.15) is 0 Å². The smallest absolute Gasteiger partial charge is 0.222 e. The van der Waals surface area contributed by atoms with E-state index < -0.39 is 10.2 Å². The second-order valence-corrected chi connectivity index (χ2v) is 5.74. The Balaban J connectivity index is 0.000000338. The van der Waals surface area contributed by atoms with E-state index in [2.05, 4.69) is 0 Å². The van der Waals surface area contributed by atoms with Gasteiger partial charge < -0.3 is 0 Å². The van der Waals surface area contributed by atoms with E-state index in [9.17, 15) is 0 Å². The lowest BCUT2D eigenvalue weighted by Gasteiger charge is -2.17. The fourth-order valence-electron chi connectivity index (χ4n) is 2.09. The van der Waals surface area contributed by atoms with Crippen LogP contribution in [0.5, 0.6) is 0 Å². The summed E-state index contributed by atoms with van der Waals surface area (Å²) in [7, 11) is -4.94. The maximum Gasteiger partial charge on any atom is 0.365 e. The Labute approximate surface area is 139 Å². The van der Waals surface area contributed by atoms with Crippen LogP contribution in [0.1, 0.15) is 5.56 Å². The topological polar surface area (TPSA) is 104 Å². The predicted molar refractivity (Wildman–Crippen MR) is 75.8 cm³/mol. The van der Waals surface area contributed by atoms with Crippen molar-refractivity contribution in [2.75, 3.05) is 0 Å². The highest BCUT2D eigenvalue weighted by Crippen LogP contribution is 2.34. The predicted octanol–water partition coefficient (Wildman–Crippen LogP) is 0.587. The summed E-state index contributed by atoms with van der Waals surface area (Å²) in [5.41, 5.74) is 2.83. The molecule has 0 aliphatic rings. The van der Waals surface area contributed by atoms with Crippen molar-refractivity contribution in [3.63, 3.8) is 0 Å². The molecule has 7 heteroatoms. The second-order valence-electron chi connectivity index (χ2n) is 4.61. The molecule has 5 nitrogen and oxygen atoms in total. The van der Waals surface area contributed by atoms with Crippen LogP contribution in [0.25, 0.3) is 22.3 Å². The van der Waals surface area contributed by atoms with Crippen molar-refractivity contribution in [2.24, 2.45) is 0 Å². The number of fused-ring (bicyclic) bond motifs is 1. The Morgan fingerprint density at radius 3 is 2.00 bits per heavy atom. The molecule has 120 valence electrons. The first-order valence-electron chi connectivity index (χ1n) is 6.45. The number of hydrogen-bond acceptors (Lipinski definition) is 4. The van der Waals surface area contributed by atoms with Crippen molar-refractivity contribution in [3.05, 3.63) is 65.2 Å². The van der Waals surface area contributed by atoms with Gasteiger partial charge in [0, 0.05) is 6.07 Å². The molecule has 0 unspecified atom stereocenters. The molecule has 0 atom stereocenters. The maximum atomic E-state index is 8.49. The van der Waals surface area contributed by atoms with E-state index >= 15 is 0 Å². The molecule has 0 radical (unpaired) electrons. The van der Waals surface area contributed by atoms with Gasteiger partial charge in [-0.25, -0.2) is 23.1 Å². The lowest BCUT2D eigenvalue weighted by molar-refractivity contribution is -2.00. The van der Waals surface area contributed by atoms with Crippen LogP contribution in [0.15, 0.2) is 59.0 Å². The number of halogens is 2. The van der Waals surface area contributed by atoms with Crippen LogP contribution in [0.3, 0.4) is 0 Å². The molecule has 0 N–H and O–H groups in total. The largest absolute Gasteiger partial charge is 0.365 e. The van der Waals surface area contributed by atoms with E-state index in [-0.39, 0.29) is 0 Å². The van der Waals surface area contributed by atoms with Gasteiger partial charge in [0.05, 0.1) is 21.5 Å². The Kier molecular flexibility index (Phi) is 5.54. The summed E-state index contributed by atoms with van der Waals surface area (Å²) in [6, 6.07) is 17.9. The first kappa shape index (κ1) is 17.6. The van der Waals surface area contributed by atoms with Gasteiger partial charge in [-0.1, -0.05) is 41.9 Å². The van der Waals surface area contributed by atoms with Gasteiger partial charge in [-0.3, -0.25) is 0 Å². The number of para-hydroxylation sites is 1. The van der Waals surface area contributed by atoms with Gasteiger partial charge in [0.25, 0.3) is 0 Å². The van der Waals surface area contributed by atoms with Gasteiger partial charge in [-0.05, 0) is 25.1 Å². The molecule has 0 aliphatic heterocycles. The average Bonchev–Trinajstić information content (AvgIpc) is 2.50. The Morgan fingerprint density at radius 1 is 0.870 bits per heavy atom. The fourth-order valence-corrected chi connectivity index (χ4v) is 2.33. The van der Waals surface area contributed by atoms with Crippen LogP contribution < -0.4 is 18.6 Å². The van der Waals surface area contributed by atoms with E-state index in [4.69, 9.17) is 34.7 Å². The number of hydrogen-bond donors (Lipinski definition) is 0. The molecule has 3 rings (SSSR count). The SMILES string of the molecule is Cc1c(-c2ccccc2)[o+]c2ccccc2c1Cl.[O-][Cl+3]([O-])([O-])[O-]. The van der Waals surface area contributed by atoms with Gasteiger partial charge >= 0.3 is 11.3 Å². The molecule has 0 amide bonds. The number of benzene rings is 2. The van der Waals surface area contributed by atoms with Crippen LogP contribution in [-0.4, -0.2) is 0 Å². The molecular formula is C16H12Cl2O5. The fraction of sp³-hybridized carbons (Fsp3) is 0.0625. The summed E-state index contributed by atoms with van der Waals surface area (Å²) in [4.78, 5) is 0. The highest BCUT2D eigenvalue weighted by atomic mass is 35.7. The summed E-state index contributed by atoms with van der Waals surface area (Å²) in [6.45, 7) is 1.99. The molecule has 0 aliphatic carbocycles. The summed E-state index contributed by atoms with van der Waals surface area (Å²) in [6.07, 6.45) is 0. The van der Waals surface area contributed by atoms with Crippen LogP contribution in [-0.2, 0) is 0 Å². The molecular weight excluding hydrogens is 343 g/mol. The zero-order valence-corrected chi connectivity index (χ0v) is 13.5. The number of rotatable bonds is 1. The normalized spacial score (nSPS) is 11.0. The third-order valence-corrected chi connectivity index (χ3v) is 3.53.